The standard InChI is InChI=1S/C20H18N2O2S2/c1-4-20(5-2,19(23)24)25-16-11-8-14-12-22-26-18(14)17(16)13-6-9-15(21-3)10-7-13/h6-12H,4-5H2,1-2H3,(H,23,24). The molecule has 0 fully saturated rings. The van der Waals surface area contributed by atoms with Gasteiger partial charge in [-0.2, -0.15) is 4.37 Å². The van der Waals surface area contributed by atoms with Crippen LogP contribution < -0.4 is 0 Å². The van der Waals surface area contributed by atoms with E-state index in [0.717, 1.165) is 26.1 Å². The van der Waals surface area contributed by atoms with Gasteiger partial charge in [0.05, 0.1) is 11.3 Å². The van der Waals surface area contributed by atoms with Gasteiger partial charge in [0.2, 0.25) is 0 Å². The highest BCUT2D eigenvalue weighted by Crippen LogP contribution is 2.46. The molecule has 0 aliphatic carbocycles. The first-order valence-corrected chi connectivity index (χ1v) is 9.91. The van der Waals surface area contributed by atoms with Crippen LogP contribution in [-0.4, -0.2) is 20.2 Å². The van der Waals surface area contributed by atoms with E-state index in [1.807, 2.05) is 44.3 Å². The fourth-order valence-electron chi connectivity index (χ4n) is 2.93. The van der Waals surface area contributed by atoms with Crippen LogP contribution in [0.5, 0.6) is 0 Å². The van der Waals surface area contributed by atoms with E-state index in [9.17, 15) is 9.90 Å². The summed E-state index contributed by atoms with van der Waals surface area (Å²) in [6, 6.07) is 11.4. The number of fused-ring (bicyclic) bond motifs is 1. The number of carbonyl (C=O) groups is 1. The van der Waals surface area contributed by atoms with Crippen LogP contribution in [0.25, 0.3) is 26.1 Å². The third-order valence-corrected chi connectivity index (χ3v) is 7.14. The number of aromatic nitrogens is 1. The zero-order valence-corrected chi connectivity index (χ0v) is 16.2. The van der Waals surface area contributed by atoms with Crippen molar-refractivity contribution >= 4 is 45.0 Å². The molecule has 3 rings (SSSR count). The van der Waals surface area contributed by atoms with Gasteiger partial charge in [0.1, 0.15) is 4.75 Å². The molecule has 0 unspecified atom stereocenters. The predicted molar refractivity (Wildman–Crippen MR) is 108 cm³/mol. The van der Waals surface area contributed by atoms with Crippen LogP contribution in [0.1, 0.15) is 26.7 Å². The molecule has 1 heterocycles. The molecule has 0 amide bonds. The summed E-state index contributed by atoms with van der Waals surface area (Å²) >= 11 is 2.82. The summed E-state index contributed by atoms with van der Waals surface area (Å²) < 4.78 is 4.48. The van der Waals surface area contributed by atoms with E-state index < -0.39 is 10.7 Å². The number of hydrogen-bond donors (Lipinski definition) is 1. The Bertz CT molecular complexity index is 983. The average Bonchev–Trinajstić information content (AvgIpc) is 3.14. The van der Waals surface area contributed by atoms with Crippen molar-refractivity contribution in [1.82, 2.24) is 4.37 Å². The van der Waals surface area contributed by atoms with Crippen LogP contribution in [0.2, 0.25) is 0 Å². The van der Waals surface area contributed by atoms with E-state index in [-0.39, 0.29) is 0 Å². The van der Waals surface area contributed by atoms with Gasteiger partial charge < -0.3 is 5.11 Å². The van der Waals surface area contributed by atoms with Crippen molar-refractivity contribution in [3.8, 4) is 11.1 Å². The van der Waals surface area contributed by atoms with Crippen LogP contribution in [0, 0.1) is 6.57 Å². The molecule has 2 aromatic carbocycles. The van der Waals surface area contributed by atoms with Crippen molar-refractivity contribution in [2.24, 2.45) is 0 Å². The number of thioether (sulfide) groups is 1. The summed E-state index contributed by atoms with van der Waals surface area (Å²) in [6.45, 7) is 11.0. The Morgan fingerprint density at radius 1 is 1.23 bits per heavy atom. The summed E-state index contributed by atoms with van der Waals surface area (Å²) in [5.74, 6) is -0.786. The lowest BCUT2D eigenvalue weighted by Gasteiger charge is -2.27. The molecule has 26 heavy (non-hydrogen) atoms. The van der Waals surface area contributed by atoms with Gasteiger partial charge in [0.15, 0.2) is 5.69 Å². The van der Waals surface area contributed by atoms with Crippen molar-refractivity contribution in [2.75, 3.05) is 0 Å². The zero-order chi connectivity index (χ0) is 18.7. The lowest BCUT2D eigenvalue weighted by atomic mass is 10.0. The minimum atomic E-state index is -0.858. The van der Waals surface area contributed by atoms with Gasteiger partial charge in [-0.1, -0.05) is 44.2 Å². The first-order chi connectivity index (χ1) is 12.5. The molecule has 0 radical (unpaired) electrons. The second kappa shape index (κ2) is 7.48. The van der Waals surface area contributed by atoms with Crippen molar-refractivity contribution in [3.63, 3.8) is 0 Å². The number of aliphatic carboxylic acids is 1. The monoisotopic (exact) mass is 382 g/mol. The van der Waals surface area contributed by atoms with E-state index in [1.54, 1.807) is 12.1 Å². The molecule has 132 valence electrons. The quantitative estimate of drug-likeness (QED) is 0.404. The maximum atomic E-state index is 12.0. The molecule has 1 aromatic heterocycles. The van der Waals surface area contributed by atoms with Crippen molar-refractivity contribution in [3.05, 3.63) is 54.0 Å². The first-order valence-electron chi connectivity index (χ1n) is 8.32. The van der Waals surface area contributed by atoms with Gasteiger partial charge >= 0.3 is 5.97 Å². The fourth-order valence-corrected chi connectivity index (χ4v) is 5.07. The van der Waals surface area contributed by atoms with E-state index in [4.69, 9.17) is 6.57 Å². The minimum Gasteiger partial charge on any atom is -0.480 e. The van der Waals surface area contributed by atoms with Crippen molar-refractivity contribution < 1.29 is 9.90 Å². The van der Waals surface area contributed by atoms with Crippen LogP contribution in [0.15, 0.2) is 47.5 Å². The maximum Gasteiger partial charge on any atom is 0.320 e. The SMILES string of the molecule is [C-]#[N+]c1ccc(-c2c(SC(CC)(CC)C(=O)O)ccc3cnsc23)cc1. The lowest BCUT2D eigenvalue weighted by molar-refractivity contribution is -0.140. The lowest BCUT2D eigenvalue weighted by Crippen LogP contribution is -2.33. The Morgan fingerprint density at radius 2 is 1.92 bits per heavy atom. The van der Waals surface area contributed by atoms with Gasteiger partial charge in [0, 0.05) is 22.0 Å². The predicted octanol–water partition coefficient (Wildman–Crippen LogP) is 6.25. The Hall–Kier alpha value is -2.36. The summed E-state index contributed by atoms with van der Waals surface area (Å²) in [7, 11) is 0. The number of carboxylic acid groups (broad SMARTS) is 1. The van der Waals surface area contributed by atoms with Gasteiger partial charge in [-0.05, 0) is 36.0 Å². The van der Waals surface area contributed by atoms with Gasteiger partial charge in [-0.3, -0.25) is 4.79 Å². The van der Waals surface area contributed by atoms with E-state index in [2.05, 4.69) is 9.22 Å². The second-order valence-electron chi connectivity index (χ2n) is 5.95. The fraction of sp³-hybridized carbons (Fsp3) is 0.250. The maximum absolute atomic E-state index is 12.0. The molecular formula is C20H18N2O2S2. The summed E-state index contributed by atoms with van der Waals surface area (Å²) in [4.78, 5) is 16.3. The topological polar surface area (TPSA) is 54.5 Å². The Balaban J connectivity index is 2.19. The highest BCUT2D eigenvalue weighted by molar-refractivity contribution is 8.01. The number of rotatable bonds is 6. The summed E-state index contributed by atoms with van der Waals surface area (Å²) in [6.07, 6.45) is 2.91. The number of carboxylic acids is 1. The molecular weight excluding hydrogens is 364 g/mol. The summed E-state index contributed by atoms with van der Waals surface area (Å²) in [5.41, 5.74) is 2.56. The smallest absolute Gasteiger partial charge is 0.320 e. The Morgan fingerprint density at radius 3 is 2.50 bits per heavy atom. The third kappa shape index (κ3) is 3.20. The molecule has 6 heteroatoms. The summed E-state index contributed by atoms with van der Waals surface area (Å²) in [5, 5.41) is 10.9. The van der Waals surface area contributed by atoms with Crippen molar-refractivity contribution in [1.29, 1.82) is 0 Å². The highest BCUT2D eigenvalue weighted by Gasteiger charge is 2.37. The second-order valence-corrected chi connectivity index (χ2v) is 8.18. The Kier molecular flexibility index (Phi) is 5.30. The van der Waals surface area contributed by atoms with E-state index in [1.165, 1.54) is 23.3 Å². The largest absolute Gasteiger partial charge is 0.480 e. The number of benzene rings is 2. The minimum absolute atomic E-state index is 0.542. The molecule has 0 saturated heterocycles. The van der Waals surface area contributed by atoms with E-state index >= 15 is 0 Å². The van der Waals surface area contributed by atoms with Crippen LogP contribution >= 0.6 is 23.3 Å². The molecule has 0 atom stereocenters. The van der Waals surface area contributed by atoms with E-state index in [0.29, 0.717) is 18.5 Å². The van der Waals surface area contributed by atoms with Crippen LogP contribution in [-0.2, 0) is 4.79 Å². The van der Waals surface area contributed by atoms with Gasteiger partial charge in [0.25, 0.3) is 0 Å². The molecule has 0 aliphatic heterocycles. The number of hydrogen-bond acceptors (Lipinski definition) is 4. The molecule has 1 N–H and O–H groups in total. The molecule has 3 aromatic rings. The molecule has 0 bridgehead atoms. The number of nitrogens with zero attached hydrogens (tertiary/aromatic N) is 2. The van der Waals surface area contributed by atoms with Crippen LogP contribution in [0.3, 0.4) is 0 Å². The molecule has 0 saturated carbocycles. The highest BCUT2D eigenvalue weighted by atomic mass is 32.2. The Labute approximate surface area is 160 Å². The van der Waals surface area contributed by atoms with Gasteiger partial charge in [-0.25, -0.2) is 4.85 Å². The zero-order valence-electron chi connectivity index (χ0n) is 14.5. The molecule has 0 aliphatic rings. The molecule has 0 spiro atoms. The first kappa shape index (κ1) is 18.4. The van der Waals surface area contributed by atoms with Crippen LogP contribution in [0.4, 0.5) is 5.69 Å². The van der Waals surface area contributed by atoms with Gasteiger partial charge in [-0.15, -0.1) is 11.8 Å². The normalized spacial score (nSPS) is 11.4. The van der Waals surface area contributed by atoms with Crippen molar-refractivity contribution in [2.45, 2.75) is 36.3 Å². The molecule has 4 nitrogen and oxygen atoms in total. The average molecular weight is 383 g/mol. The third-order valence-electron chi connectivity index (χ3n) is 4.61.